The van der Waals surface area contributed by atoms with Gasteiger partial charge in [0.05, 0.1) is 21.5 Å². The molecule has 0 spiro atoms. The first-order valence-electron chi connectivity index (χ1n) is 8.23. The van der Waals surface area contributed by atoms with Crippen molar-refractivity contribution in [2.75, 3.05) is 16.2 Å². The minimum Gasteiger partial charge on any atom is -0.324 e. The first-order chi connectivity index (χ1) is 12.0. The van der Waals surface area contributed by atoms with Crippen molar-refractivity contribution in [3.63, 3.8) is 0 Å². The standard InChI is InChI=1S/C18H18N2O3S2/c1-2-16-18(21)19-14-11-13(7-8-17(14)24-16)25(22,23)20-10-9-12-5-3-4-6-15(12)20/h3-8,11,16H,2,9-10H2,1H3,(H,19,21). The van der Waals surface area contributed by atoms with E-state index in [1.54, 1.807) is 18.2 Å². The van der Waals surface area contributed by atoms with E-state index in [-0.39, 0.29) is 16.1 Å². The molecule has 2 heterocycles. The number of para-hydroxylation sites is 1. The summed E-state index contributed by atoms with van der Waals surface area (Å²) >= 11 is 1.48. The molecule has 7 heteroatoms. The summed E-state index contributed by atoms with van der Waals surface area (Å²) in [7, 11) is -3.65. The number of fused-ring (bicyclic) bond motifs is 2. The fraction of sp³-hybridized carbons (Fsp3) is 0.278. The topological polar surface area (TPSA) is 66.5 Å². The number of amides is 1. The van der Waals surface area contributed by atoms with Gasteiger partial charge >= 0.3 is 0 Å². The first kappa shape index (κ1) is 16.5. The molecule has 2 aliphatic heterocycles. The maximum atomic E-state index is 13.1. The second-order valence-electron chi connectivity index (χ2n) is 6.12. The number of carbonyl (C=O) groups excluding carboxylic acids is 1. The second-order valence-corrected chi connectivity index (χ2v) is 9.22. The molecule has 0 aromatic heterocycles. The van der Waals surface area contributed by atoms with E-state index in [0.717, 1.165) is 22.6 Å². The van der Waals surface area contributed by atoms with E-state index < -0.39 is 10.0 Å². The van der Waals surface area contributed by atoms with Crippen molar-refractivity contribution in [2.45, 2.75) is 34.8 Å². The number of sulfonamides is 1. The lowest BCUT2D eigenvalue weighted by Crippen LogP contribution is -2.30. The average Bonchev–Trinajstić information content (AvgIpc) is 3.05. The summed E-state index contributed by atoms with van der Waals surface area (Å²) in [5.41, 5.74) is 2.36. The molecule has 1 atom stereocenters. The van der Waals surface area contributed by atoms with Crippen molar-refractivity contribution in [3.8, 4) is 0 Å². The number of benzene rings is 2. The number of nitrogens with one attached hydrogen (secondary N) is 1. The fourth-order valence-corrected chi connectivity index (χ4v) is 5.80. The van der Waals surface area contributed by atoms with Crippen LogP contribution in [0.4, 0.5) is 11.4 Å². The molecule has 1 amide bonds. The molecule has 0 saturated carbocycles. The molecule has 0 aliphatic carbocycles. The van der Waals surface area contributed by atoms with Crippen molar-refractivity contribution in [1.82, 2.24) is 0 Å². The van der Waals surface area contributed by atoms with Crippen LogP contribution in [0.1, 0.15) is 18.9 Å². The van der Waals surface area contributed by atoms with Gasteiger partial charge in [0.25, 0.3) is 10.0 Å². The van der Waals surface area contributed by atoms with Crippen molar-refractivity contribution < 1.29 is 13.2 Å². The number of carbonyl (C=O) groups is 1. The van der Waals surface area contributed by atoms with Crippen molar-refractivity contribution in [2.24, 2.45) is 0 Å². The minimum absolute atomic E-state index is 0.0685. The van der Waals surface area contributed by atoms with Gasteiger partial charge in [-0.15, -0.1) is 11.8 Å². The normalized spacial score (nSPS) is 19.3. The van der Waals surface area contributed by atoms with Gasteiger partial charge in [-0.2, -0.15) is 0 Å². The molecule has 0 fully saturated rings. The van der Waals surface area contributed by atoms with Gasteiger partial charge in [-0.3, -0.25) is 9.10 Å². The molecule has 1 N–H and O–H groups in total. The highest BCUT2D eigenvalue weighted by Crippen LogP contribution is 2.39. The molecule has 2 aromatic rings. The molecule has 2 aliphatic rings. The third-order valence-corrected chi connectivity index (χ3v) is 7.82. The molecule has 2 aromatic carbocycles. The number of rotatable bonds is 3. The van der Waals surface area contributed by atoms with Gasteiger partial charge in [-0.25, -0.2) is 8.42 Å². The zero-order chi connectivity index (χ0) is 17.6. The quantitative estimate of drug-likeness (QED) is 0.895. The lowest BCUT2D eigenvalue weighted by molar-refractivity contribution is -0.115. The highest BCUT2D eigenvalue weighted by molar-refractivity contribution is 8.01. The Morgan fingerprint density at radius 2 is 2.04 bits per heavy atom. The largest absolute Gasteiger partial charge is 0.324 e. The number of anilines is 2. The zero-order valence-corrected chi connectivity index (χ0v) is 15.4. The van der Waals surface area contributed by atoms with Crippen LogP contribution in [0.15, 0.2) is 52.3 Å². The van der Waals surface area contributed by atoms with E-state index in [1.807, 2.05) is 31.2 Å². The molecule has 1 unspecified atom stereocenters. The highest BCUT2D eigenvalue weighted by atomic mass is 32.2. The van der Waals surface area contributed by atoms with Crippen LogP contribution in [-0.2, 0) is 21.2 Å². The predicted molar refractivity (Wildman–Crippen MR) is 99.7 cm³/mol. The van der Waals surface area contributed by atoms with E-state index >= 15 is 0 Å². The fourth-order valence-electron chi connectivity index (χ4n) is 3.24. The van der Waals surface area contributed by atoms with E-state index in [4.69, 9.17) is 0 Å². The zero-order valence-electron chi connectivity index (χ0n) is 13.7. The monoisotopic (exact) mass is 374 g/mol. The molecule has 0 radical (unpaired) electrons. The molecular formula is C18H18N2O3S2. The lowest BCUT2D eigenvalue weighted by atomic mass is 10.2. The SMILES string of the molecule is CCC1Sc2ccc(S(=O)(=O)N3CCc4ccccc43)cc2NC1=O. The summed E-state index contributed by atoms with van der Waals surface area (Å²) in [6, 6.07) is 12.6. The van der Waals surface area contributed by atoms with E-state index in [0.29, 0.717) is 18.7 Å². The molecule has 25 heavy (non-hydrogen) atoms. The Morgan fingerprint density at radius 1 is 1.24 bits per heavy atom. The molecule has 0 bridgehead atoms. The smallest absolute Gasteiger partial charge is 0.264 e. The first-order valence-corrected chi connectivity index (χ1v) is 10.5. The number of hydrogen-bond donors (Lipinski definition) is 1. The van der Waals surface area contributed by atoms with Gasteiger partial charge in [0.1, 0.15) is 0 Å². The Bertz CT molecular complexity index is 957. The van der Waals surface area contributed by atoms with Crippen LogP contribution in [0.5, 0.6) is 0 Å². The Balaban J connectivity index is 1.71. The van der Waals surface area contributed by atoms with Gasteiger partial charge in [0, 0.05) is 11.4 Å². The van der Waals surface area contributed by atoms with Gasteiger partial charge in [-0.1, -0.05) is 25.1 Å². The van der Waals surface area contributed by atoms with Crippen LogP contribution in [0.25, 0.3) is 0 Å². The maximum absolute atomic E-state index is 13.1. The molecule has 5 nitrogen and oxygen atoms in total. The van der Waals surface area contributed by atoms with Crippen molar-refractivity contribution >= 4 is 39.1 Å². The average molecular weight is 374 g/mol. The van der Waals surface area contributed by atoms with E-state index in [2.05, 4.69) is 5.32 Å². The van der Waals surface area contributed by atoms with Crippen LogP contribution in [0, 0.1) is 0 Å². The number of hydrogen-bond acceptors (Lipinski definition) is 4. The van der Waals surface area contributed by atoms with E-state index in [9.17, 15) is 13.2 Å². The third-order valence-electron chi connectivity index (χ3n) is 4.57. The Kier molecular flexibility index (Phi) is 4.00. The molecule has 4 rings (SSSR count). The summed E-state index contributed by atoms with van der Waals surface area (Å²) in [6.45, 7) is 2.41. The number of thioether (sulfide) groups is 1. The minimum atomic E-state index is -3.65. The molecular weight excluding hydrogens is 356 g/mol. The van der Waals surface area contributed by atoms with Crippen LogP contribution in [0.3, 0.4) is 0 Å². The van der Waals surface area contributed by atoms with Crippen molar-refractivity contribution in [1.29, 1.82) is 0 Å². The number of nitrogens with zero attached hydrogens (tertiary/aromatic N) is 1. The highest BCUT2D eigenvalue weighted by Gasteiger charge is 2.32. The van der Waals surface area contributed by atoms with Crippen LogP contribution in [-0.4, -0.2) is 26.1 Å². The van der Waals surface area contributed by atoms with Crippen LogP contribution >= 0.6 is 11.8 Å². The maximum Gasteiger partial charge on any atom is 0.264 e. The van der Waals surface area contributed by atoms with Crippen LogP contribution in [0.2, 0.25) is 0 Å². The van der Waals surface area contributed by atoms with Crippen LogP contribution < -0.4 is 9.62 Å². The second kappa shape index (κ2) is 6.07. The summed E-state index contributed by atoms with van der Waals surface area (Å²) in [5.74, 6) is -0.0685. The lowest BCUT2D eigenvalue weighted by Gasteiger charge is -2.25. The molecule has 0 saturated heterocycles. The molecule has 130 valence electrons. The van der Waals surface area contributed by atoms with Gasteiger partial charge in [-0.05, 0) is 42.7 Å². The Morgan fingerprint density at radius 3 is 2.84 bits per heavy atom. The van der Waals surface area contributed by atoms with Gasteiger partial charge < -0.3 is 5.32 Å². The van der Waals surface area contributed by atoms with Gasteiger partial charge in [0.2, 0.25) is 5.91 Å². The Labute approximate surface area is 151 Å². The summed E-state index contributed by atoms with van der Waals surface area (Å²) in [6.07, 6.45) is 1.45. The van der Waals surface area contributed by atoms with E-state index in [1.165, 1.54) is 16.1 Å². The Hall–Kier alpha value is -1.99. The summed E-state index contributed by atoms with van der Waals surface area (Å²) in [4.78, 5) is 13.2. The summed E-state index contributed by atoms with van der Waals surface area (Å²) < 4.78 is 27.6. The van der Waals surface area contributed by atoms with Gasteiger partial charge in [0.15, 0.2) is 0 Å². The summed E-state index contributed by atoms with van der Waals surface area (Å²) in [5, 5.41) is 2.72. The van der Waals surface area contributed by atoms with Crippen molar-refractivity contribution in [3.05, 3.63) is 48.0 Å². The predicted octanol–water partition coefficient (Wildman–Crippen LogP) is 3.26. The third kappa shape index (κ3) is 2.71.